The molecule has 0 atom stereocenters. The van der Waals surface area contributed by atoms with Gasteiger partial charge >= 0.3 is 0 Å². The summed E-state index contributed by atoms with van der Waals surface area (Å²) in [5, 5.41) is 0. The molecule has 1 amide bonds. The summed E-state index contributed by atoms with van der Waals surface area (Å²) in [4.78, 5) is 22.4. The zero-order chi connectivity index (χ0) is 19.4. The molecular formula is C22H23N3O2. The molecule has 0 unspecified atom stereocenters. The zero-order valence-corrected chi connectivity index (χ0v) is 16.0. The van der Waals surface area contributed by atoms with Gasteiger partial charge in [0.05, 0.1) is 17.4 Å². The maximum atomic E-state index is 12.6. The topological polar surface area (TPSA) is 55.3 Å². The van der Waals surface area contributed by atoms with Gasteiger partial charge in [0.2, 0.25) is 5.88 Å². The van der Waals surface area contributed by atoms with Crippen LogP contribution >= 0.6 is 0 Å². The van der Waals surface area contributed by atoms with Gasteiger partial charge in [-0.05, 0) is 41.3 Å². The van der Waals surface area contributed by atoms with Gasteiger partial charge in [0.15, 0.2) is 0 Å². The van der Waals surface area contributed by atoms with Crippen molar-refractivity contribution in [2.24, 2.45) is 0 Å². The molecule has 0 spiro atoms. The van der Waals surface area contributed by atoms with Gasteiger partial charge in [0.25, 0.3) is 5.91 Å². The van der Waals surface area contributed by atoms with Gasteiger partial charge in [-0.3, -0.25) is 9.78 Å². The van der Waals surface area contributed by atoms with Crippen molar-refractivity contribution >= 4 is 11.6 Å². The molecule has 2 aromatic heterocycles. The highest BCUT2D eigenvalue weighted by Gasteiger charge is 2.15. The lowest BCUT2D eigenvalue weighted by Gasteiger charge is -2.19. The van der Waals surface area contributed by atoms with Crippen LogP contribution in [0.1, 0.15) is 36.7 Å². The van der Waals surface area contributed by atoms with Crippen LogP contribution in [-0.4, -0.2) is 22.9 Å². The highest BCUT2D eigenvalue weighted by molar-refractivity contribution is 6.05. The number of benzene rings is 1. The number of ether oxygens (including phenoxy) is 1. The summed E-state index contributed by atoms with van der Waals surface area (Å²) < 4.78 is 5.78. The maximum absolute atomic E-state index is 12.6. The lowest BCUT2D eigenvalue weighted by molar-refractivity contribution is 0.0992. The van der Waals surface area contributed by atoms with E-state index in [0.29, 0.717) is 17.2 Å². The average molecular weight is 361 g/mol. The van der Waals surface area contributed by atoms with Crippen molar-refractivity contribution in [1.29, 1.82) is 0 Å². The van der Waals surface area contributed by atoms with Gasteiger partial charge in [-0.15, -0.1) is 0 Å². The minimum Gasteiger partial charge on any atom is -0.439 e. The third kappa shape index (κ3) is 4.50. The number of hydrogen-bond donors (Lipinski definition) is 0. The molecule has 3 rings (SSSR count). The molecule has 3 aromatic rings. The van der Waals surface area contributed by atoms with Crippen LogP contribution in [-0.2, 0) is 5.41 Å². The van der Waals surface area contributed by atoms with Gasteiger partial charge in [-0.25, -0.2) is 4.98 Å². The number of amides is 1. The van der Waals surface area contributed by atoms with Crippen LogP contribution in [0.2, 0.25) is 0 Å². The number of hydrogen-bond acceptors (Lipinski definition) is 4. The fourth-order valence-electron chi connectivity index (χ4n) is 2.57. The van der Waals surface area contributed by atoms with Crippen LogP contribution in [0.25, 0.3) is 0 Å². The van der Waals surface area contributed by atoms with E-state index in [2.05, 4.69) is 42.9 Å². The molecule has 0 radical (unpaired) electrons. The third-order valence-electron chi connectivity index (χ3n) is 4.26. The summed E-state index contributed by atoms with van der Waals surface area (Å²) in [6.07, 6.45) is 4.83. The first-order valence-corrected chi connectivity index (χ1v) is 8.77. The minimum absolute atomic E-state index is 0.0963. The Hall–Kier alpha value is -3.21. The first-order valence-electron chi connectivity index (χ1n) is 8.77. The van der Waals surface area contributed by atoms with E-state index in [0.717, 1.165) is 5.69 Å². The Bertz CT molecular complexity index is 899. The Kier molecular flexibility index (Phi) is 5.21. The predicted molar refractivity (Wildman–Crippen MR) is 106 cm³/mol. The van der Waals surface area contributed by atoms with Crippen molar-refractivity contribution < 1.29 is 9.53 Å². The van der Waals surface area contributed by atoms with E-state index in [4.69, 9.17) is 4.74 Å². The summed E-state index contributed by atoms with van der Waals surface area (Å²) in [5.41, 5.74) is 2.54. The van der Waals surface area contributed by atoms with Crippen LogP contribution in [0.4, 0.5) is 5.69 Å². The molecule has 0 bridgehead atoms. The highest BCUT2D eigenvalue weighted by atomic mass is 16.5. The van der Waals surface area contributed by atoms with Gasteiger partial charge in [-0.2, -0.15) is 0 Å². The van der Waals surface area contributed by atoms with E-state index >= 15 is 0 Å². The second-order valence-corrected chi connectivity index (χ2v) is 7.34. The van der Waals surface area contributed by atoms with Gasteiger partial charge in [0.1, 0.15) is 5.75 Å². The maximum Gasteiger partial charge on any atom is 0.259 e. The Morgan fingerprint density at radius 1 is 1.00 bits per heavy atom. The predicted octanol–water partition coefficient (Wildman–Crippen LogP) is 4.84. The number of carbonyl (C=O) groups excluding carboxylic acids is 1. The fraction of sp³-hybridized carbons (Fsp3) is 0.227. The molecule has 5 heteroatoms. The monoisotopic (exact) mass is 361 g/mol. The standard InChI is InChI=1S/C22H23N3O2/c1-22(2,3)17-8-10-19(11-9-17)27-20-12-7-16(14-24-20)21(26)25(4)18-6-5-13-23-15-18/h5-15H,1-4H3. The number of anilines is 1. The molecule has 0 N–H and O–H groups in total. The Labute approximate surface area is 159 Å². The number of carbonyl (C=O) groups is 1. The van der Waals surface area contributed by atoms with Gasteiger partial charge < -0.3 is 9.64 Å². The van der Waals surface area contributed by atoms with E-state index in [1.165, 1.54) is 16.7 Å². The molecule has 0 saturated carbocycles. The Morgan fingerprint density at radius 2 is 1.74 bits per heavy atom. The largest absolute Gasteiger partial charge is 0.439 e. The molecule has 2 heterocycles. The summed E-state index contributed by atoms with van der Waals surface area (Å²) in [7, 11) is 1.71. The van der Waals surface area contributed by atoms with Gasteiger partial charge in [-0.1, -0.05) is 32.9 Å². The van der Waals surface area contributed by atoms with E-state index in [1.807, 2.05) is 18.2 Å². The molecule has 1 aromatic carbocycles. The van der Waals surface area contributed by atoms with Crippen molar-refractivity contribution in [2.45, 2.75) is 26.2 Å². The molecule has 0 aliphatic rings. The lowest BCUT2D eigenvalue weighted by Crippen LogP contribution is -2.26. The molecular weight excluding hydrogens is 338 g/mol. The summed E-state index contributed by atoms with van der Waals surface area (Å²) in [6.45, 7) is 6.51. The van der Waals surface area contributed by atoms with Crippen LogP contribution in [0.5, 0.6) is 11.6 Å². The summed E-state index contributed by atoms with van der Waals surface area (Å²) in [6, 6.07) is 15.0. The number of pyridine rings is 2. The quantitative estimate of drug-likeness (QED) is 0.667. The van der Waals surface area contributed by atoms with E-state index in [9.17, 15) is 4.79 Å². The third-order valence-corrected chi connectivity index (χ3v) is 4.26. The second-order valence-electron chi connectivity index (χ2n) is 7.34. The molecule has 0 saturated heterocycles. The molecule has 27 heavy (non-hydrogen) atoms. The van der Waals surface area contributed by atoms with E-state index in [1.54, 1.807) is 37.6 Å². The van der Waals surface area contributed by atoms with Crippen molar-refractivity contribution in [1.82, 2.24) is 9.97 Å². The van der Waals surface area contributed by atoms with Crippen molar-refractivity contribution in [3.05, 3.63) is 78.2 Å². The molecule has 0 aliphatic carbocycles. The zero-order valence-electron chi connectivity index (χ0n) is 16.0. The SMILES string of the molecule is CN(C(=O)c1ccc(Oc2ccc(C(C)(C)C)cc2)nc1)c1cccnc1. The summed E-state index contributed by atoms with van der Waals surface area (Å²) in [5.74, 6) is 0.998. The summed E-state index contributed by atoms with van der Waals surface area (Å²) >= 11 is 0. The smallest absolute Gasteiger partial charge is 0.259 e. The van der Waals surface area contributed by atoms with E-state index in [-0.39, 0.29) is 11.3 Å². The number of aromatic nitrogens is 2. The average Bonchev–Trinajstić information content (AvgIpc) is 2.68. The van der Waals surface area contributed by atoms with Crippen LogP contribution in [0, 0.1) is 0 Å². The molecule has 5 nitrogen and oxygen atoms in total. The van der Waals surface area contributed by atoms with Gasteiger partial charge in [0, 0.05) is 25.5 Å². The lowest BCUT2D eigenvalue weighted by atomic mass is 9.87. The van der Waals surface area contributed by atoms with Crippen molar-refractivity contribution in [3.8, 4) is 11.6 Å². The second kappa shape index (κ2) is 7.58. The number of rotatable bonds is 4. The molecule has 0 fully saturated rings. The minimum atomic E-state index is -0.156. The first kappa shape index (κ1) is 18.6. The molecule has 0 aliphatic heterocycles. The highest BCUT2D eigenvalue weighted by Crippen LogP contribution is 2.26. The van der Waals surface area contributed by atoms with Crippen LogP contribution in [0.3, 0.4) is 0 Å². The normalized spacial score (nSPS) is 11.1. The Balaban J connectivity index is 1.69. The van der Waals surface area contributed by atoms with Crippen molar-refractivity contribution in [3.63, 3.8) is 0 Å². The first-order chi connectivity index (χ1) is 12.8. The van der Waals surface area contributed by atoms with Crippen LogP contribution < -0.4 is 9.64 Å². The molecule has 138 valence electrons. The van der Waals surface area contributed by atoms with E-state index < -0.39 is 0 Å². The fourth-order valence-corrected chi connectivity index (χ4v) is 2.57. The number of nitrogens with zero attached hydrogens (tertiary/aromatic N) is 3. The Morgan fingerprint density at radius 3 is 2.30 bits per heavy atom. The van der Waals surface area contributed by atoms with Crippen molar-refractivity contribution in [2.75, 3.05) is 11.9 Å². The van der Waals surface area contributed by atoms with Crippen LogP contribution in [0.15, 0.2) is 67.1 Å².